The topological polar surface area (TPSA) is 111 Å². The molecule has 5 rings (SSSR count). The maximum atomic E-state index is 14.4. The first-order valence-corrected chi connectivity index (χ1v) is 11.2. The zero-order chi connectivity index (χ0) is 21.8. The lowest BCUT2D eigenvalue weighted by Gasteiger charge is -2.12. The third-order valence-electron chi connectivity index (χ3n) is 5.65. The summed E-state index contributed by atoms with van der Waals surface area (Å²) in [6, 6.07) is 12.4. The van der Waals surface area contributed by atoms with Crippen LogP contribution in [0.25, 0.3) is 22.3 Å². The van der Waals surface area contributed by atoms with E-state index in [4.69, 9.17) is 5.73 Å². The molecular weight excluding hydrogens is 419 g/mol. The predicted molar refractivity (Wildman–Crippen MR) is 113 cm³/mol. The Morgan fingerprint density at radius 2 is 1.90 bits per heavy atom. The average molecular weight is 438 g/mol. The van der Waals surface area contributed by atoms with Crippen LogP contribution in [0.15, 0.2) is 65.8 Å². The number of alkyl halides is 1. The van der Waals surface area contributed by atoms with Crippen LogP contribution in [0, 0.1) is 0 Å². The Kier molecular flexibility index (Phi) is 4.62. The summed E-state index contributed by atoms with van der Waals surface area (Å²) in [4.78, 5) is 8.56. The Morgan fingerprint density at radius 3 is 2.58 bits per heavy atom. The molecule has 0 unspecified atom stereocenters. The minimum absolute atomic E-state index is 0.120. The molecule has 9 heteroatoms. The molecule has 0 aliphatic heterocycles. The molecule has 0 bridgehead atoms. The van der Waals surface area contributed by atoms with E-state index < -0.39 is 22.2 Å². The number of aliphatic hydroxyl groups is 1. The lowest BCUT2D eigenvalue weighted by Crippen LogP contribution is -2.17. The van der Waals surface area contributed by atoms with Crippen molar-refractivity contribution in [1.29, 1.82) is 0 Å². The van der Waals surface area contributed by atoms with Crippen LogP contribution >= 0.6 is 0 Å². The van der Waals surface area contributed by atoms with E-state index in [0.29, 0.717) is 39.1 Å². The van der Waals surface area contributed by atoms with Crippen LogP contribution in [0.4, 0.5) is 4.39 Å². The van der Waals surface area contributed by atoms with Crippen molar-refractivity contribution in [2.75, 3.05) is 0 Å². The number of hydrogen-bond donors (Lipinski definition) is 2. The highest BCUT2D eigenvalue weighted by Gasteiger charge is 2.33. The van der Waals surface area contributed by atoms with Gasteiger partial charge in [-0.05, 0) is 35.4 Å². The Labute approximate surface area is 178 Å². The molecule has 0 saturated carbocycles. The first-order valence-electron chi connectivity index (χ1n) is 9.71. The number of aromatic nitrogens is 3. The molecule has 2 aromatic carbocycles. The van der Waals surface area contributed by atoms with Crippen molar-refractivity contribution >= 4 is 20.9 Å². The van der Waals surface area contributed by atoms with Crippen LogP contribution < -0.4 is 5.73 Å². The van der Waals surface area contributed by atoms with E-state index in [0.717, 1.165) is 0 Å². The van der Waals surface area contributed by atoms with E-state index in [1.807, 2.05) is 0 Å². The van der Waals surface area contributed by atoms with Gasteiger partial charge < -0.3 is 10.8 Å². The second kappa shape index (κ2) is 7.23. The van der Waals surface area contributed by atoms with Crippen molar-refractivity contribution in [3.05, 3.63) is 77.7 Å². The molecule has 2 aromatic heterocycles. The molecule has 0 amide bonds. The second-order valence-electron chi connectivity index (χ2n) is 7.48. The van der Waals surface area contributed by atoms with E-state index in [9.17, 15) is 17.9 Å². The lowest BCUT2D eigenvalue weighted by atomic mass is 10.0. The summed E-state index contributed by atoms with van der Waals surface area (Å²) < 4.78 is 42.8. The number of aliphatic hydroxyl groups excluding tert-OH is 1. The fourth-order valence-electron chi connectivity index (χ4n) is 4.09. The highest BCUT2D eigenvalue weighted by molar-refractivity contribution is 7.90. The molecule has 0 fully saturated rings. The van der Waals surface area contributed by atoms with Gasteiger partial charge in [-0.2, -0.15) is 0 Å². The maximum absolute atomic E-state index is 14.4. The SMILES string of the molecule is N[C@@H]1c2ccc3c(cc(-c4cnc(CO)cn4)n3S(=O)(=O)c3ccccc3)c2C[C@@H]1F. The fraction of sp³-hybridized carbons (Fsp3) is 0.182. The zero-order valence-corrected chi connectivity index (χ0v) is 17.1. The van der Waals surface area contributed by atoms with Gasteiger partial charge in [-0.1, -0.05) is 24.3 Å². The molecule has 2 heterocycles. The summed E-state index contributed by atoms with van der Waals surface area (Å²) in [5.41, 5.74) is 8.81. The van der Waals surface area contributed by atoms with E-state index in [2.05, 4.69) is 9.97 Å². The van der Waals surface area contributed by atoms with E-state index in [1.54, 1.807) is 36.4 Å². The molecule has 7 nitrogen and oxygen atoms in total. The fourth-order valence-corrected chi connectivity index (χ4v) is 5.63. The summed E-state index contributed by atoms with van der Waals surface area (Å²) in [6.45, 7) is -0.276. The van der Waals surface area contributed by atoms with Crippen LogP contribution in [0.1, 0.15) is 22.9 Å². The van der Waals surface area contributed by atoms with E-state index in [-0.39, 0.29) is 17.9 Å². The normalized spacial score (nSPS) is 18.4. The predicted octanol–water partition coefficient (Wildman–Crippen LogP) is 2.72. The molecule has 158 valence electrons. The van der Waals surface area contributed by atoms with Gasteiger partial charge in [0.1, 0.15) is 11.9 Å². The summed E-state index contributed by atoms with van der Waals surface area (Å²) >= 11 is 0. The van der Waals surface area contributed by atoms with Gasteiger partial charge in [0.2, 0.25) is 0 Å². The van der Waals surface area contributed by atoms with Gasteiger partial charge in [0.15, 0.2) is 0 Å². The van der Waals surface area contributed by atoms with Gasteiger partial charge in [-0.3, -0.25) is 9.97 Å². The monoisotopic (exact) mass is 438 g/mol. The van der Waals surface area contributed by atoms with Crippen molar-refractivity contribution in [2.45, 2.75) is 30.1 Å². The Morgan fingerprint density at radius 1 is 1.13 bits per heavy atom. The van der Waals surface area contributed by atoms with Gasteiger partial charge in [-0.25, -0.2) is 16.8 Å². The Bertz CT molecular complexity index is 1390. The van der Waals surface area contributed by atoms with Crippen molar-refractivity contribution in [2.24, 2.45) is 5.73 Å². The van der Waals surface area contributed by atoms with Gasteiger partial charge in [0, 0.05) is 11.8 Å². The highest BCUT2D eigenvalue weighted by atomic mass is 32.2. The number of benzene rings is 2. The van der Waals surface area contributed by atoms with Crippen LogP contribution in [0.3, 0.4) is 0 Å². The molecule has 4 aromatic rings. The van der Waals surface area contributed by atoms with Gasteiger partial charge in [-0.15, -0.1) is 0 Å². The number of nitrogens with zero attached hydrogens (tertiary/aromatic N) is 3. The number of fused-ring (bicyclic) bond motifs is 3. The smallest absolute Gasteiger partial charge is 0.268 e. The van der Waals surface area contributed by atoms with Crippen LogP contribution in [-0.2, 0) is 23.1 Å². The summed E-state index contributed by atoms with van der Waals surface area (Å²) in [7, 11) is -3.99. The molecule has 0 saturated heterocycles. The summed E-state index contributed by atoms with van der Waals surface area (Å²) in [5.74, 6) is 0. The van der Waals surface area contributed by atoms with Gasteiger partial charge in [0.25, 0.3) is 10.0 Å². The molecule has 0 radical (unpaired) electrons. The largest absolute Gasteiger partial charge is 0.390 e. The summed E-state index contributed by atoms with van der Waals surface area (Å²) in [5, 5.41) is 9.87. The molecule has 2 atom stereocenters. The third-order valence-corrected chi connectivity index (χ3v) is 7.39. The average Bonchev–Trinajstić information content (AvgIpc) is 3.33. The van der Waals surface area contributed by atoms with Crippen molar-refractivity contribution in [1.82, 2.24) is 13.9 Å². The minimum Gasteiger partial charge on any atom is -0.390 e. The van der Waals surface area contributed by atoms with Crippen LogP contribution in [-0.4, -0.2) is 33.6 Å². The van der Waals surface area contributed by atoms with Crippen molar-refractivity contribution in [3.63, 3.8) is 0 Å². The van der Waals surface area contributed by atoms with Crippen molar-refractivity contribution in [3.8, 4) is 11.4 Å². The Hall–Kier alpha value is -3.14. The first kappa shape index (κ1) is 19.8. The Balaban J connectivity index is 1.83. The standard InChI is InChI=1S/C22H19FN4O3S/c23-18-8-16-15(22(18)24)6-7-20-17(16)9-21(19-11-25-13(12-28)10-26-19)27(20)31(29,30)14-4-2-1-3-5-14/h1-7,9-11,18,22,28H,8,12,24H2/t18-,22+/m0/s1. The van der Waals surface area contributed by atoms with Crippen LogP contribution in [0.2, 0.25) is 0 Å². The lowest BCUT2D eigenvalue weighted by molar-refractivity contribution is 0.276. The quantitative estimate of drug-likeness (QED) is 0.507. The van der Waals surface area contributed by atoms with Gasteiger partial charge >= 0.3 is 0 Å². The zero-order valence-electron chi connectivity index (χ0n) is 16.3. The minimum atomic E-state index is -3.99. The molecule has 0 spiro atoms. The van der Waals surface area contributed by atoms with E-state index >= 15 is 0 Å². The highest BCUT2D eigenvalue weighted by Crippen LogP contribution is 2.40. The molecule has 31 heavy (non-hydrogen) atoms. The van der Waals surface area contributed by atoms with Gasteiger partial charge in [0.05, 0.1) is 46.8 Å². The number of nitrogens with two attached hydrogens (primary N) is 1. The number of hydrogen-bond acceptors (Lipinski definition) is 6. The first-order chi connectivity index (χ1) is 14.9. The molecule has 1 aliphatic rings. The summed E-state index contributed by atoms with van der Waals surface area (Å²) in [6.07, 6.45) is 1.71. The molecular formula is C22H19FN4O3S. The number of halogens is 1. The van der Waals surface area contributed by atoms with E-state index in [1.165, 1.54) is 28.5 Å². The molecule has 3 N–H and O–H groups in total. The third kappa shape index (κ3) is 3.04. The van der Waals surface area contributed by atoms with Crippen molar-refractivity contribution < 1.29 is 17.9 Å². The second-order valence-corrected chi connectivity index (χ2v) is 9.26. The number of rotatable bonds is 4. The molecule has 1 aliphatic carbocycles. The maximum Gasteiger partial charge on any atom is 0.268 e. The van der Waals surface area contributed by atoms with Crippen LogP contribution in [0.5, 0.6) is 0 Å².